The van der Waals surface area contributed by atoms with Crippen LogP contribution in [0.1, 0.15) is 46.0 Å². The van der Waals surface area contributed by atoms with Gasteiger partial charge in [-0.3, -0.25) is 9.59 Å². The zero-order valence-electron chi connectivity index (χ0n) is 13.0. The van der Waals surface area contributed by atoms with Crippen LogP contribution >= 0.6 is 0 Å². The molecule has 2 aliphatic heterocycles. The molecule has 0 spiro atoms. The lowest BCUT2D eigenvalue weighted by Crippen LogP contribution is -2.54. The van der Waals surface area contributed by atoms with E-state index in [1.165, 1.54) is 0 Å². The summed E-state index contributed by atoms with van der Waals surface area (Å²) in [5.41, 5.74) is 0. The number of carbonyl (C=O) groups excluding carboxylic acids is 2. The number of amides is 1. The molecule has 0 bridgehead atoms. The van der Waals surface area contributed by atoms with Crippen molar-refractivity contribution in [1.29, 1.82) is 0 Å². The molecule has 3 fully saturated rings. The normalized spacial score (nSPS) is 36.7. The molecule has 5 nitrogen and oxygen atoms in total. The highest BCUT2D eigenvalue weighted by Crippen LogP contribution is 2.33. The second kappa shape index (κ2) is 5.95. The molecule has 2 saturated heterocycles. The van der Waals surface area contributed by atoms with E-state index in [0.717, 1.165) is 45.2 Å². The van der Waals surface area contributed by atoms with E-state index in [9.17, 15) is 9.59 Å². The number of rotatable bonds is 4. The third-order valence-corrected chi connectivity index (χ3v) is 5.08. The molecule has 0 aromatic rings. The van der Waals surface area contributed by atoms with Gasteiger partial charge in [-0.05, 0) is 32.1 Å². The molecule has 118 valence electrons. The Kier molecular flexibility index (Phi) is 4.20. The van der Waals surface area contributed by atoms with Crippen LogP contribution in [0, 0.1) is 11.8 Å². The maximum absolute atomic E-state index is 12.2. The van der Waals surface area contributed by atoms with Gasteiger partial charge in [0.15, 0.2) is 0 Å². The van der Waals surface area contributed by atoms with Crippen molar-refractivity contribution in [2.24, 2.45) is 11.8 Å². The van der Waals surface area contributed by atoms with E-state index in [1.807, 2.05) is 11.8 Å². The number of cyclic esters (lactones) is 1. The van der Waals surface area contributed by atoms with Crippen LogP contribution in [0.4, 0.5) is 0 Å². The summed E-state index contributed by atoms with van der Waals surface area (Å²) >= 11 is 0. The van der Waals surface area contributed by atoms with Crippen molar-refractivity contribution in [3.8, 4) is 0 Å². The Labute approximate surface area is 126 Å². The largest absolute Gasteiger partial charge is 0.461 e. The Balaban J connectivity index is 1.56. The molecule has 3 aliphatic rings. The fourth-order valence-corrected chi connectivity index (χ4v) is 3.61. The molecule has 1 aliphatic carbocycles. The monoisotopic (exact) mass is 294 g/mol. The number of carbonyl (C=O) groups is 2. The van der Waals surface area contributed by atoms with E-state index in [-0.39, 0.29) is 18.1 Å². The number of piperidine rings is 1. The van der Waals surface area contributed by atoms with Gasteiger partial charge in [0.1, 0.15) is 12.1 Å². The number of hydrogen-bond donors (Lipinski definition) is 1. The minimum atomic E-state index is -0.162. The third-order valence-electron chi connectivity index (χ3n) is 5.08. The summed E-state index contributed by atoms with van der Waals surface area (Å²) in [5, 5.41) is 3.49. The van der Waals surface area contributed by atoms with E-state index in [2.05, 4.69) is 12.2 Å². The minimum Gasteiger partial charge on any atom is -0.461 e. The fourth-order valence-electron chi connectivity index (χ4n) is 3.61. The zero-order valence-corrected chi connectivity index (χ0v) is 13.0. The number of hydrogen-bond acceptors (Lipinski definition) is 4. The van der Waals surface area contributed by atoms with E-state index in [4.69, 9.17) is 4.74 Å². The molecule has 4 atom stereocenters. The van der Waals surface area contributed by atoms with Crippen molar-refractivity contribution >= 4 is 11.9 Å². The Morgan fingerprint density at radius 1 is 1.38 bits per heavy atom. The number of ether oxygens (including phenoxy) is 1. The highest BCUT2D eigenvalue weighted by molar-refractivity contribution is 5.81. The average molecular weight is 294 g/mol. The van der Waals surface area contributed by atoms with Crippen LogP contribution in [0.25, 0.3) is 0 Å². The van der Waals surface area contributed by atoms with Gasteiger partial charge in [0.2, 0.25) is 5.91 Å². The molecule has 0 radical (unpaired) electrons. The van der Waals surface area contributed by atoms with Gasteiger partial charge in [-0.2, -0.15) is 0 Å². The first-order chi connectivity index (χ1) is 10.1. The van der Waals surface area contributed by atoms with Crippen LogP contribution in [0.3, 0.4) is 0 Å². The van der Waals surface area contributed by atoms with Crippen molar-refractivity contribution in [2.45, 2.75) is 64.1 Å². The average Bonchev–Trinajstić information content (AvgIpc) is 3.26. The second-order valence-corrected chi connectivity index (χ2v) is 6.82. The van der Waals surface area contributed by atoms with Crippen LogP contribution in [-0.4, -0.2) is 48.1 Å². The standard InChI is InChI=1S/C16H26N2O3/c1-3-11-9-18(15(19)12-4-5-12)7-6-13(11)17-14-8-10(2)21-16(14)20/h10-14,17H,3-9H2,1-2H3/t10-,11+,13-,14+/m0/s1. The molecule has 0 aromatic carbocycles. The van der Waals surface area contributed by atoms with Crippen LogP contribution in [0.2, 0.25) is 0 Å². The van der Waals surface area contributed by atoms with Crippen molar-refractivity contribution in [2.75, 3.05) is 13.1 Å². The summed E-state index contributed by atoms with van der Waals surface area (Å²) in [7, 11) is 0. The summed E-state index contributed by atoms with van der Waals surface area (Å²) in [4.78, 5) is 26.0. The van der Waals surface area contributed by atoms with Gasteiger partial charge in [-0.25, -0.2) is 0 Å². The lowest BCUT2D eigenvalue weighted by atomic mass is 9.89. The highest BCUT2D eigenvalue weighted by Gasteiger charge is 2.40. The first-order valence-electron chi connectivity index (χ1n) is 8.33. The van der Waals surface area contributed by atoms with E-state index in [1.54, 1.807) is 0 Å². The Bertz CT molecular complexity index is 422. The quantitative estimate of drug-likeness (QED) is 0.794. The van der Waals surface area contributed by atoms with Gasteiger partial charge in [0.05, 0.1) is 0 Å². The Morgan fingerprint density at radius 3 is 2.71 bits per heavy atom. The second-order valence-electron chi connectivity index (χ2n) is 6.82. The van der Waals surface area contributed by atoms with Gasteiger partial charge in [-0.15, -0.1) is 0 Å². The molecule has 2 heterocycles. The van der Waals surface area contributed by atoms with Crippen LogP contribution in [0.5, 0.6) is 0 Å². The summed E-state index contributed by atoms with van der Waals surface area (Å²) in [6.07, 6.45) is 4.89. The number of likely N-dealkylation sites (tertiary alicyclic amines) is 1. The van der Waals surface area contributed by atoms with Crippen LogP contribution in [0.15, 0.2) is 0 Å². The van der Waals surface area contributed by atoms with Crippen molar-refractivity contribution in [1.82, 2.24) is 10.2 Å². The predicted molar refractivity (Wildman–Crippen MR) is 78.6 cm³/mol. The fraction of sp³-hybridized carbons (Fsp3) is 0.875. The first kappa shape index (κ1) is 14.8. The summed E-state index contributed by atoms with van der Waals surface area (Å²) in [5.74, 6) is 0.970. The van der Waals surface area contributed by atoms with E-state index in [0.29, 0.717) is 23.8 Å². The summed E-state index contributed by atoms with van der Waals surface area (Å²) in [6, 6.07) is 0.158. The number of esters is 1. The first-order valence-corrected chi connectivity index (χ1v) is 8.33. The number of nitrogens with one attached hydrogen (secondary N) is 1. The molecular formula is C16H26N2O3. The lowest BCUT2D eigenvalue weighted by molar-refractivity contribution is -0.143. The maximum Gasteiger partial charge on any atom is 0.323 e. The summed E-state index contributed by atoms with van der Waals surface area (Å²) < 4.78 is 5.22. The Morgan fingerprint density at radius 2 is 2.14 bits per heavy atom. The van der Waals surface area contributed by atoms with Crippen molar-refractivity contribution < 1.29 is 14.3 Å². The van der Waals surface area contributed by atoms with E-state index >= 15 is 0 Å². The summed E-state index contributed by atoms with van der Waals surface area (Å²) in [6.45, 7) is 5.76. The highest BCUT2D eigenvalue weighted by atomic mass is 16.6. The molecule has 21 heavy (non-hydrogen) atoms. The molecular weight excluding hydrogens is 268 g/mol. The number of nitrogens with zero attached hydrogens (tertiary/aromatic N) is 1. The van der Waals surface area contributed by atoms with Gasteiger partial charge >= 0.3 is 5.97 Å². The van der Waals surface area contributed by atoms with Crippen LogP contribution in [-0.2, 0) is 14.3 Å². The molecule has 5 heteroatoms. The molecule has 1 saturated carbocycles. The molecule has 1 N–H and O–H groups in total. The van der Waals surface area contributed by atoms with E-state index < -0.39 is 0 Å². The zero-order chi connectivity index (χ0) is 15.0. The van der Waals surface area contributed by atoms with Crippen molar-refractivity contribution in [3.63, 3.8) is 0 Å². The van der Waals surface area contributed by atoms with Gasteiger partial charge in [0, 0.05) is 31.5 Å². The molecule has 0 unspecified atom stereocenters. The van der Waals surface area contributed by atoms with Gasteiger partial charge in [0.25, 0.3) is 0 Å². The third kappa shape index (κ3) is 3.23. The van der Waals surface area contributed by atoms with Gasteiger partial charge in [-0.1, -0.05) is 13.3 Å². The molecule has 3 rings (SSSR count). The Hall–Kier alpha value is -1.10. The topological polar surface area (TPSA) is 58.6 Å². The molecule has 1 amide bonds. The molecule has 0 aromatic heterocycles. The lowest BCUT2D eigenvalue weighted by Gasteiger charge is -2.39. The van der Waals surface area contributed by atoms with Crippen LogP contribution < -0.4 is 5.32 Å². The maximum atomic E-state index is 12.2. The SMILES string of the molecule is CC[C@@H]1CN(C(=O)C2CC2)CC[C@@H]1N[C@@H]1C[C@H](C)OC1=O. The smallest absolute Gasteiger partial charge is 0.323 e. The minimum absolute atomic E-state index is 0.0200. The predicted octanol–water partition coefficient (Wildman–Crippen LogP) is 1.32. The van der Waals surface area contributed by atoms with Crippen molar-refractivity contribution in [3.05, 3.63) is 0 Å². The van der Waals surface area contributed by atoms with Gasteiger partial charge < -0.3 is 15.0 Å².